The summed E-state index contributed by atoms with van der Waals surface area (Å²) in [7, 11) is 0. The molecule has 0 spiro atoms. The molecule has 0 aliphatic heterocycles. The van der Waals surface area contributed by atoms with E-state index < -0.39 is 0 Å². The Morgan fingerprint density at radius 3 is 2.31 bits per heavy atom. The Labute approximate surface area is 108 Å². The van der Waals surface area contributed by atoms with Gasteiger partial charge in [0.15, 0.2) is 0 Å². The van der Waals surface area contributed by atoms with E-state index in [9.17, 15) is 0 Å². The van der Waals surface area contributed by atoms with E-state index in [1.165, 1.54) is 20.9 Å². The van der Waals surface area contributed by atoms with Gasteiger partial charge in [-0.25, -0.2) is 0 Å². The molecule has 2 N–H and O–H groups in total. The van der Waals surface area contributed by atoms with Crippen molar-refractivity contribution >= 4 is 23.5 Å². The Bertz CT molecular complexity index is 350. The maximum absolute atomic E-state index is 5.65. The first-order valence-electron chi connectivity index (χ1n) is 5.56. The van der Waals surface area contributed by atoms with Gasteiger partial charge in [0.1, 0.15) is 0 Å². The lowest BCUT2D eigenvalue weighted by atomic mass is 9.97. The van der Waals surface area contributed by atoms with E-state index in [0.717, 1.165) is 13.0 Å². The third-order valence-corrected chi connectivity index (χ3v) is 4.55. The van der Waals surface area contributed by atoms with Crippen LogP contribution in [-0.4, -0.2) is 19.1 Å². The number of hydrogen-bond acceptors (Lipinski definition) is 3. The average molecular weight is 255 g/mol. The SMILES string of the molecule is CSc1cc(C(C)CCN)c(SC)cc1C. The molecule has 1 aromatic rings. The minimum absolute atomic E-state index is 0.555. The van der Waals surface area contributed by atoms with Crippen LogP contribution in [-0.2, 0) is 0 Å². The number of rotatable bonds is 5. The van der Waals surface area contributed by atoms with E-state index in [4.69, 9.17) is 5.73 Å². The molecule has 16 heavy (non-hydrogen) atoms. The van der Waals surface area contributed by atoms with Gasteiger partial charge >= 0.3 is 0 Å². The van der Waals surface area contributed by atoms with Gasteiger partial charge in [0, 0.05) is 9.79 Å². The summed E-state index contributed by atoms with van der Waals surface area (Å²) in [6.07, 6.45) is 5.34. The van der Waals surface area contributed by atoms with Gasteiger partial charge in [0.25, 0.3) is 0 Å². The maximum Gasteiger partial charge on any atom is 0.0107 e. The fourth-order valence-electron chi connectivity index (χ4n) is 1.86. The lowest BCUT2D eigenvalue weighted by Crippen LogP contribution is -2.06. The fraction of sp³-hybridized carbons (Fsp3) is 0.538. The van der Waals surface area contributed by atoms with Gasteiger partial charge in [-0.15, -0.1) is 23.5 Å². The molecule has 0 bridgehead atoms. The molecular weight excluding hydrogens is 234 g/mol. The topological polar surface area (TPSA) is 26.0 Å². The lowest BCUT2D eigenvalue weighted by molar-refractivity contribution is 0.677. The van der Waals surface area contributed by atoms with Crippen molar-refractivity contribution in [2.24, 2.45) is 5.73 Å². The zero-order valence-corrected chi connectivity index (χ0v) is 12.2. The Kier molecular flexibility index (Phi) is 5.73. The Balaban J connectivity index is 3.13. The van der Waals surface area contributed by atoms with E-state index in [2.05, 4.69) is 38.5 Å². The zero-order valence-electron chi connectivity index (χ0n) is 10.5. The van der Waals surface area contributed by atoms with E-state index >= 15 is 0 Å². The molecule has 0 fully saturated rings. The average Bonchev–Trinajstić information content (AvgIpc) is 2.28. The molecule has 0 saturated heterocycles. The summed E-state index contributed by atoms with van der Waals surface area (Å²) in [6, 6.07) is 4.64. The molecule has 1 unspecified atom stereocenters. The molecule has 0 amide bonds. The van der Waals surface area contributed by atoms with Gasteiger partial charge in [0.05, 0.1) is 0 Å². The van der Waals surface area contributed by atoms with Gasteiger partial charge in [0.2, 0.25) is 0 Å². The first kappa shape index (κ1) is 13.9. The number of aryl methyl sites for hydroxylation is 1. The Morgan fingerprint density at radius 2 is 1.81 bits per heavy atom. The number of nitrogens with two attached hydrogens (primary N) is 1. The van der Waals surface area contributed by atoms with Crippen molar-refractivity contribution in [2.45, 2.75) is 36.0 Å². The van der Waals surface area contributed by atoms with Crippen molar-refractivity contribution in [1.29, 1.82) is 0 Å². The van der Waals surface area contributed by atoms with Crippen molar-refractivity contribution in [3.63, 3.8) is 0 Å². The highest BCUT2D eigenvalue weighted by Gasteiger charge is 2.12. The molecule has 0 radical (unpaired) electrons. The van der Waals surface area contributed by atoms with Crippen molar-refractivity contribution in [1.82, 2.24) is 0 Å². The second-order valence-corrected chi connectivity index (χ2v) is 5.74. The van der Waals surface area contributed by atoms with Crippen LogP contribution in [0, 0.1) is 6.92 Å². The highest BCUT2D eigenvalue weighted by molar-refractivity contribution is 7.99. The zero-order chi connectivity index (χ0) is 12.1. The predicted octanol–water partition coefficient (Wildman–Crippen LogP) is 3.89. The van der Waals surface area contributed by atoms with Crippen LogP contribution in [0.2, 0.25) is 0 Å². The molecule has 1 atom stereocenters. The number of hydrogen-bond donors (Lipinski definition) is 1. The first-order chi connectivity index (χ1) is 7.63. The van der Waals surface area contributed by atoms with E-state index in [-0.39, 0.29) is 0 Å². The highest BCUT2D eigenvalue weighted by atomic mass is 32.2. The van der Waals surface area contributed by atoms with Crippen LogP contribution < -0.4 is 5.73 Å². The van der Waals surface area contributed by atoms with Gasteiger partial charge < -0.3 is 5.73 Å². The maximum atomic E-state index is 5.65. The quantitative estimate of drug-likeness (QED) is 0.808. The molecule has 3 heteroatoms. The summed E-state index contributed by atoms with van der Waals surface area (Å²) in [4.78, 5) is 2.79. The minimum Gasteiger partial charge on any atom is -0.330 e. The number of benzene rings is 1. The molecule has 0 aliphatic rings. The normalized spacial score (nSPS) is 12.8. The highest BCUT2D eigenvalue weighted by Crippen LogP contribution is 2.34. The molecule has 0 aromatic heterocycles. The molecule has 1 aromatic carbocycles. The number of thioether (sulfide) groups is 2. The van der Waals surface area contributed by atoms with Crippen LogP contribution in [0.5, 0.6) is 0 Å². The van der Waals surface area contributed by atoms with Crippen LogP contribution in [0.3, 0.4) is 0 Å². The second-order valence-electron chi connectivity index (χ2n) is 4.04. The largest absolute Gasteiger partial charge is 0.330 e. The van der Waals surface area contributed by atoms with E-state index in [0.29, 0.717) is 5.92 Å². The lowest BCUT2D eigenvalue weighted by Gasteiger charge is -2.17. The van der Waals surface area contributed by atoms with Crippen LogP contribution in [0.15, 0.2) is 21.9 Å². The Morgan fingerprint density at radius 1 is 1.19 bits per heavy atom. The molecule has 0 saturated carbocycles. The molecule has 90 valence electrons. The smallest absolute Gasteiger partial charge is 0.0107 e. The minimum atomic E-state index is 0.555. The summed E-state index contributed by atoms with van der Waals surface area (Å²) in [5.74, 6) is 0.555. The molecule has 0 aliphatic carbocycles. The molecule has 1 rings (SSSR count). The van der Waals surface area contributed by atoms with Crippen molar-refractivity contribution in [3.05, 3.63) is 23.3 Å². The summed E-state index contributed by atoms with van der Waals surface area (Å²) in [5.41, 5.74) is 8.47. The summed E-state index contributed by atoms with van der Waals surface area (Å²) >= 11 is 3.66. The second kappa shape index (κ2) is 6.58. The van der Waals surface area contributed by atoms with E-state index in [1.54, 1.807) is 0 Å². The van der Waals surface area contributed by atoms with E-state index in [1.807, 2.05) is 23.5 Å². The standard InChI is InChI=1S/C13H21NS2/c1-9(5-6-14)11-8-12(15-3)10(2)7-13(11)16-4/h7-9H,5-6,14H2,1-4H3. The predicted molar refractivity (Wildman–Crippen MR) is 76.8 cm³/mol. The summed E-state index contributed by atoms with van der Waals surface area (Å²) < 4.78 is 0. The van der Waals surface area contributed by atoms with Crippen LogP contribution in [0.1, 0.15) is 30.4 Å². The van der Waals surface area contributed by atoms with Crippen molar-refractivity contribution in [2.75, 3.05) is 19.1 Å². The van der Waals surface area contributed by atoms with Gasteiger partial charge in [-0.3, -0.25) is 0 Å². The van der Waals surface area contributed by atoms with Gasteiger partial charge in [-0.05, 0) is 61.6 Å². The molecular formula is C13H21NS2. The van der Waals surface area contributed by atoms with Crippen LogP contribution >= 0.6 is 23.5 Å². The third kappa shape index (κ3) is 3.19. The molecule has 1 nitrogen and oxygen atoms in total. The van der Waals surface area contributed by atoms with Gasteiger partial charge in [-0.2, -0.15) is 0 Å². The fourth-order valence-corrected chi connectivity index (χ4v) is 3.28. The Hall–Kier alpha value is -0.120. The summed E-state index contributed by atoms with van der Waals surface area (Å²) in [6.45, 7) is 5.21. The summed E-state index contributed by atoms with van der Waals surface area (Å²) in [5, 5.41) is 0. The monoisotopic (exact) mass is 255 g/mol. The third-order valence-electron chi connectivity index (χ3n) is 2.88. The van der Waals surface area contributed by atoms with Crippen LogP contribution in [0.4, 0.5) is 0 Å². The van der Waals surface area contributed by atoms with Crippen molar-refractivity contribution < 1.29 is 0 Å². The van der Waals surface area contributed by atoms with Crippen LogP contribution in [0.25, 0.3) is 0 Å². The van der Waals surface area contributed by atoms with Crippen molar-refractivity contribution in [3.8, 4) is 0 Å². The van der Waals surface area contributed by atoms with Gasteiger partial charge in [-0.1, -0.05) is 6.92 Å². The first-order valence-corrected chi connectivity index (χ1v) is 8.01. The molecule has 0 heterocycles.